The lowest BCUT2D eigenvalue weighted by Gasteiger charge is -2.24. The molecule has 3 nitrogen and oxygen atoms in total. The van der Waals surface area contributed by atoms with Gasteiger partial charge >= 0.3 is 0 Å². The lowest BCUT2D eigenvalue weighted by Crippen LogP contribution is -2.31. The minimum absolute atomic E-state index is 0.413. The van der Waals surface area contributed by atoms with Crippen LogP contribution in [0.5, 0.6) is 0 Å². The fraction of sp³-hybridized carbons (Fsp3) is 0.533. The third kappa shape index (κ3) is 2.51. The van der Waals surface area contributed by atoms with Crippen molar-refractivity contribution in [2.24, 2.45) is 11.7 Å². The van der Waals surface area contributed by atoms with Gasteiger partial charge in [0, 0.05) is 16.8 Å². The molecule has 0 atom stereocenters. The summed E-state index contributed by atoms with van der Waals surface area (Å²) >= 11 is 1.96. The van der Waals surface area contributed by atoms with Crippen LogP contribution in [-0.4, -0.2) is 15.1 Å². The molecule has 4 heteroatoms. The number of hydrogen-bond donors (Lipinski definition) is 1. The van der Waals surface area contributed by atoms with Crippen LogP contribution in [0.15, 0.2) is 29.4 Å². The zero-order valence-corrected chi connectivity index (χ0v) is 12.4. The lowest BCUT2D eigenvalue weighted by molar-refractivity contribution is 0.353. The van der Waals surface area contributed by atoms with Crippen LogP contribution < -0.4 is 5.73 Å². The third-order valence-corrected chi connectivity index (χ3v) is 5.10. The largest absolute Gasteiger partial charge is 0.319 e. The average Bonchev–Trinajstić information content (AvgIpc) is 2.70. The zero-order chi connectivity index (χ0) is 13.5. The van der Waals surface area contributed by atoms with Crippen molar-refractivity contribution >= 4 is 17.3 Å². The minimum atomic E-state index is -0.413. The molecule has 2 heterocycles. The Balaban J connectivity index is 1.90. The van der Waals surface area contributed by atoms with Gasteiger partial charge in [-0.05, 0) is 44.7 Å². The highest BCUT2D eigenvalue weighted by Crippen LogP contribution is 2.34. The Hall–Kier alpha value is -1.00. The molecule has 0 amide bonds. The van der Waals surface area contributed by atoms with Crippen LogP contribution in [0.2, 0.25) is 0 Å². The van der Waals surface area contributed by atoms with Gasteiger partial charge in [-0.1, -0.05) is 6.42 Å². The van der Waals surface area contributed by atoms with Crippen LogP contribution in [0.1, 0.15) is 38.9 Å². The molecule has 1 fully saturated rings. The Labute approximate surface area is 118 Å². The van der Waals surface area contributed by atoms with Crippen LogP contribution in [0, 0.1) is 5.92 Å². The number of pyridine rings is 1. The Morgan fingerprint density at radius 3 is 2.89 bits per heavy atom. The summed E-state index contributed by atoms with van der Waals surface area (Å²) in [5.41, 5.74) is 6.95. The van der Waals surface area contributed by atoms with Crippen LogP contribution in [-0.2, 0) is 5.54 Å². The highest BCUT2D eigenvalue weighted by atomic mass is 32.2. The monoisotopic (exact) mass is 275 g/mol. The molecule has 3 rings (SSSR count). The first-order valence-corrected chi connectivity index (χ1v) is 7.92. The summed E-state index contributed by atoms with van der Waals surface area (Å²) in [7, 11) is 0. The molecule has 0 bridgehead atoms. The molecule has 19 heavy (non-hydrogen) atoms. The molecule has 2 aromatic heterocycles. The first kappa shape index (κ1) is 13.0. The molecule has 0 radical (unpaired) electrons. The van der Waals surface area contributed by atoms with Gasteiger partial charge in [0.1, 0.15) is 5.82 Å². The normalized spacial score (nSPS) is 16.8. The first-order valence-electron chi connectivity index (χ1n) is 6.94. The smallest absolute Gasteiger partial charge is 0.132 e. The highest BCUT2D eigenvalue weighted by molar-refractivity contribution is 7.99. The van der Waals surface area contributed by atoms with Gasteiger partial charge in [-0.25, -0.2) is 4.98 Å². The molecule has 0 aromatic carbocycles. The van der Waals surface area contributed by atoms with Crippen LogP contribution >= 0.6 is 11.8 Å². The van der Waals surface area contributed by atoms with Crippen molar-refractivity contribution in [3.05, 3.63) is 30.4 Å². The molecule has 2 aromatic rings. The van der Waals surface area contributed by atoms with Crippen molar-refractivity contribution < 1.29 is 0 Å². The third-order valence-electron chi connectivity index (χ3n) is 3.81. The molecule has 1 saturated carbocycles. The number of nitrogens with zero attached hydrogens (tertiary/aromatic N) is 2. The highest BCUT2D eigenvalue weighted by Gasteiger charge is 2.22. The van der Waals surface area contributed by atoms with E-state index < -0.39 is 5.54 Å². The topological polar surface area (TPSA) is 43.3 Å². The fourth-order valence-electron chi connectivity index (χ4n) is 2.46. The van der Waals surface area contributed by atoms with E-state index >= 15 is 0 Å². The second kappa shape index (κ2) is 4.84. The molecule has 1 aliphatic carbocycles. The number of fused-ring (bicyclic) bond motifs is 1. The molecule has 2 N–H and O–H groups in total. The summed E-state index contributed by atoms with van der Waals surface area (Å²) in [6.45, 7) is 3.99. The molecular formula is C15H21N3S. The van der Waals surface area contributed by atoms with Crippen LogP contribution in [0.4, 0.5) is 0 Å². The van der Waals surface area contributed by atoms with Gasteiger partial charge in [-0.2, -0.15) is 0 Å². The number of imidazole rings is 1. The Kier molecular flexibility index (Phi) is 3.31. The molecule has 1 aliphatic rings. The number of aromatic nitrogens is 2. The van der Waals surface area contributed by atoms with Crippen molar-refractivity contribution in [2.75, 3.05) is 5.75 Å². The van der Waals surface area contributed by atoms with Gasteiger partial charge in [0.25, 0.3) is 0 Å². The van der Waals surface area contributed by atoms with Crippen molar-refractivity contribution in [2.45, 2.75) is 43.5 Å². The van der Waals surface area contributed by atoms with Crippen LogP contribution in [0.3, 0.4) is 0 Å². The van der Waals surface area contributed by atoms with E-state index in [0.717, 1.165) is 11.7 Å². The lowest BCUT2D eigenvalue weighted by atomic mass is 9.87. The molecule has 102 valence electrons. The Morgan fingerprint density at radius 2 is 2.26 bits per heavy atom. The summed E-state index contributed by atoms with van der Waals surface area (Å²) in [5, 5.41) is 0. The fourth-order valence-corrected chi connectivity index (χ4v) is 3.68. The number of thioether (sulfide) groups is 1. The van der Waals surface area contributed by atoms with E-state index in [1.165, 1.54) is 35.4 Å². The maximum absolute atomic E-state index is 6.18. The first-order chi connectivity index (χ1) is 9.05. The minimum Gasteiger partial charge on any atom is -0.319 e. The predicted molar refractivity (Wildman–Crippen MR) is 80.5 cm³/mol. The van der Waals surface area contributed by atoms with E-state index in [4.69, 9.17) is 5.73 Å². The Bertz CT molecular complexity index is 579. The molecule has 0 aliphatic heterocycles. The van der Waals surface area contributed by atoms with Crippen molar-refractivity contribution in [1.82, 2.24) is 9.38 Å². The van der Waals surface area contributed by atoms with E-state index in [1.807, 2.05) is 31.8 Å². The number of rotatable bonds is 4. The molecule has 0 saturated heterocycles. The van der Waals surface area contributed by atoms with Crippen LogP contribution in [0.25, 0.3) is 5.52 Å². The molecular weight excluding hydrogens is 254 g/mol. The maximum atomic E-state index is 6.18. The van der Waals surface area contributed by atoms with Crippen molar-refractivity contribution in [3.8, 4) is 0 Å². The van der Waals surface area contributed by atoms with Crippen molar-refractivity contribution in [3.63, 3.8) is 0 Å². The number of nitrogens with two attached hydrogens (primary N) is 1. The van der Waals surface area contributed by atoms with Gasteiger partial charge in [0.2, 0.25) is 0 Å². The van der Waals surface area contributed by atoms with Gasteiger partial charge in [-0.3, -0.25) is 0 Å². The summed E-state index contributed by atoms with van der Waals surface area (Å²) in [5.74, 6) is 3.07. The van der Waals surface area contributed by atoms with Gasteiger partial charge in [0.15, 0.2) is 0 Å². The van der Waals surface area contributed by atoms with Gasteiger partial charge in [0.05, 0.1) is 17.3 Å². The quantitative estimate of drug-likeness (QED) is 0.869. The van der Waals surface area contributed by atoms with Gasteiger partial charge in [-0.15, -0.1) is 11.8 Å². The summed E-state index contributed by atoms with van der Waals surface area (Å²) in [6.07, 6.45) is 8.22. The zero-order valence-electron chi connectivity index (χ0n) is 11.6. The van der Waals surface area contributed by atoms with E-state index in [-0.39, 0.29) is 0 Å². The van der Waals surface area contributed by atoms with Gasteiger partial charge < -0.3 is 10.1 Å². The second-order valence-corrected chi connectivity index (χ2v) is 7.10. The van der Waals surface area contributed by atoms with Crippen molar-refractivity contribution in [1.29, 1.82) is 0 Å². The predicted octanol–water partition coefficient (Wildman–Crippen LogP) is 3.42. The SMILES string of the molecule is CC(C)(N)c1ncc2c(SCC3CCC3)cccn12. The summed E-state index contributed by atoms with van der Waals surface area (Å²) < 4.78 is 2.13. The average molecular weight is 275 g/mol. The van der Waals surface area contributed by atoms with E-state index in [9.17, 15) is 0 Å². The summed E-state index contributed by atoms with van der Waals surface area (Å²) in [6, 6.07) is 4.28. The second-order valence-electron chi connectivity index (χ2n) is 6.04. The van der Waals surface area contributed by atoms with E-state index in [0.29, 0.717) is 0 Å². The molecule has 0 unspecified atom stereocenters. The number of hydrogen-bond acceptors (Lipinski definition) is 3. The Morgan fingerprint density at radius 1 is 1.47 bits per heavy atom. The maximum Gasteiger partial charge on any atom is 0.132 e. The van der Waals surface area contributed by atoms with E-state index in [1.54, 1.807) is 0 Å². The molecule has 0 spiro atoms. The van der Waals surface area contributed by atoms with E-state index in [2.05, 4.69) is 27.7 Å². The summed E-state index contributed by atoms with van der Waals surface area (Å²) in [4.78, 5) is 5.83. The standard InChI is InChI=1S/C15H21N3S/c1-15(2,16)14-17-9-12-13(7-4-8-18(12)14)19-10-11-5-3-6-11/h4,7-9,11H,3,5-6,10,16H2,1-2H3.